The van der Waals surface area contributed by atoms with E-state index in [2.05, 4.69) is 4.98 Å². The van der Waals surface area contributed by atoms with E-state index < -0.39 is 11.2 Å². The number of carbonyl (C=O) groups is 1. The van der Waals surface area contributed by atoms with Crippen LogP contribution in [0, 0.1) is 0 Å². The number of aromatic nitrogens is 4. The number of hydrogen-bond acceptors (Lipinski definition) is 5. The quantitative estimate of drug-likeness (QED) is 0.421. The molecule has 0 saturated heterocycles. The predicted molar refractivity (Wildman–Crippen MR) is 120 cm³/mol. The number of benzene rings is 2. The van der Waals surface area contributed by atoms with Crippen LogP contribution in [0.3, 0.4) is 0 Å². The fraction of sp³-hybridized carbons (Fsp3) is 0.217. The molecular weight excluding hydrogens is 432 g/mol. The Kier molecular flexibility index (Phi) is 4.94. The van der Waals surface area contributed by atoms with Crippen LogP contribution < -0.4 is 16.0 Å². The highest BCUT2D eigenvalue weighted by Gasteiger charge is 2.31. The summed E-state index contributed by atoms with van der Waals surface area (Å²) in [5.41, 5.74) is 0.421. The maximum Gasteiger partial charge on any atom is 0.337 e. The Labute approximate surface area is 187 Å². The molecule has 4 aromatic rings. The third kappa shape index (κ3) is 3.33. The lowest BCUT2D eigenvalue weighted by Gasteiger charge is -2.14. The largest absolute Gasteiger partial charge is 0.495 e. The highest BCUT2D eigenvalue weighted by molar-refractivity contribution is 6.30. The van der Waals surface area contributed by atoms with Crippen LogP contribution in [-0.2, 0) is 6.54 Å². The van der Waals surface area contributed by atoms with Gasteiger partial charge in [0.05, 0.1) is 25.7 Å². The Morgan fingerprint density at radius 1 is 1.12 bits per heavy atom. The number of imidazole rings is 1. The summed E-state index contributed by atoms with van der Waals surface area (Å²) in [6, 6.07) is 13.4. The molecule has 0 atom stereocenters. The first-order chi connectivity index (χ1) is 15.5. The molecule has 162 valence electrons. The zero-order valence-electron chi connectivity index (χ0n) is 17.2. The van der Waals surface area contributed by atoms with Crippen molar-refractivity contribution in [2.75, 3.05) is 7.11 Å². The van der Waals surface area contributed by atoms with E-state index >= 15 is 0 Å². The summed E-state index contributed by atoms with van der Waals surface area (Å²) in [5.74, 6) is 0.275. The number of halogens is 1. The summed E-state index contributed by atoms with van der Waals surface area (Å²) in [7, 11) is 1.52. The third-order valence-electron chi connectivity index (χ3n) is 5.57. The first-order valence-electron chi connectivity index (χ1n) is 10.1. The summed E-state index contributed by atoms with van der Waals surface area (Å²) in [6.45, 7) is -0.0951. The monoisotopic (exact) mass is 450 g/mol. The summed E-state index contributed by atoms with van der Waals surface area (Å²) in [5, 5.41) is 0.530. The second kappa shape index (κ2) is 7.80. The van der Waals surface area contributed by atoms with E-state index in [0.717, 1.165) is 12.8 Å². The van der Waals surface area contributed by atoms with Gasteiger partial charge in [0.15, 0.2) is 16.9 Å². The van der Waals surface area contributed by atoms with E-state index in [4.69, 9.17) is 16.3 Å². The Bertz CT molecular complexity index is 1460. The molecule has 2 heterocycles. The molecule has 1 fully saturated rings. The second-order valence-electron chi connectivity index (χ2n) is 7.67. The van der Waals surface area contributed by atoms with Crippen LogP contribution in [0.4, 0.5) is 0 Å². The molecule has 2 aromatic carbocycles. The number of nitrogens with zero attached hydrogens (tertiary/aromatic N) is 4. The molecule has 9 heteroatoms. The van der Waals surface area contributed by atoms with Crippen molar-refractivity contribution >= 4 is 28.5 Å². The number of hydrogen-bond donors (Lipinski definition) is 0. The SMILES string of the molecule is COc1ccccc1-n1c(=O)n(C2CC2)c(=O)c2c1ncn2CC(=O)c1ccc(Cl)cc1. The lowest BCUT2D eigenvalue weighted by Crippen LogP contribution is -2.39. The molecule has 0 aliphatic heterocycles. The lowest BCUT2D eigenvalue weighted by atomic mass is 10.1. The average Bonchev–Trinajstić information content (AvgIpc) is 3.54. The van der Waals surface area contributed by atoms with Crippen LogP contribution in [0.2, 0.25) is 5.02 Å². The van der Waals surface area contributed by atoms with Gasteiger partial charge in [0, 0.05) is 16.6 Å². The molecule has 8 nitrogen and oxygen atoms in total. The zero-order valence-corrected chi connectivity index (χ0v) is 18.0. The highest BCUT2D eigenvalue weighted by Crippen LogP contribution is 2.33. The minimum Gasteiger partial charge on any atom is -0.495 e. The molecule has 1 aliphatic rings. The summed E-state index contributed by atoms with van der Waals surface area (Å²) >= 11 is 5.91. The topological polar surface area (TPSA) is 88.1 Å². The Balaban J connectivity index is 1.72. The smallest absolute Gasteiger partial charge is 0.337 e. The van der Waals surface area contributed by atoms with Gasteiger partial charge < -0.3 is 9.30 Å². The first kappa shape index (κ1) is 20.3. The molecule has 0 amide bonds. The molecule has 1 aliphatic carbocycles. The molecule has 32 heavy (non-hydrogen) atoms. The van der Waals surface area contributed by atoms with Gasteiger partial charge in [-0.05, 0) is 49.2 Å². The molecule has 2 aromatic heterocycles. The van der Waals surface area contributed by atoms with Crippen LogP contribution in [0.15, 0.2) is 64.4 Å². The second-order valence-corrected chi connectivity index (χ2v) is 8.11. The van der Waals surface area contributed by atoms with Crippen molar-refractivity contribution in [1.29, 1.82) is 0 Å². The number of methoxy groups -OCH3 is 1. The molecule has 0 N–H and O–H groups in total. The Morgan fingerprint density at radius 3 is 2.53 bits per heavy atom. The van der Waals surface area contributed by atoms with Crippen LogP contribution in [-0.4, -0.2) is 31.6 Å². The molecule has 0 unspecified atom stereocenters. The van der Waals surface area contributed by atoms with E-state index in [1.165, 1.54) is 27.1 Å². The van der Waals surface area contributed by atoms with Crippen molar-refractivity contribution in [2.45, 2.75) is 25.4 Å². The van der Waals surface area contributed by atoms with Crippen LogP contribution >= 0.6 is 11.6 Å². The fourth-order valence-electron chi connectivity index (χ4n) is 3.84. The average molecular weight is 451 g/mol. The number of carbonyl (C=O) groups excluding carboxylic acids is 1. The number of Topliss-reactive ketones (excluding diaryl/α,β-unsaturated/α-hetero) is 1. The predicted octanol–water partition coefficient (Wildman–Crippen LogP) is 3.23. The van der Waals surface area contributed by atoms with Gasteiger partial charge in [-0.25, -0.2) is 14.3 Å². The van der Waals surface area contributed by atoms with Crippen molar-refractivity contribution in [2.24, 2.45) is 0 Å². The van der Waals surface area contributed by atoms with Gasteiger partial charge in [-0.15, -0.1) is 0 Å². The number of ketones is 1. The van der Waals surface area contributed by atoms with Crippen molar-refractivity contribution in [3.8, 4) is 11.4 Å². The van der Waals surface area contributed by atoms with Gasteiger partial charge in [0.25, 0.3) is 5.56 Å². The van der Waals surface area contributed by atoms with Crippen molar-refractivity contribution in [3.05, 3.63) is 86.3 Å². The van der Waals surface area contributed by atoms with Crippen molar-refractivity contribution in [3.63, 3.8) is 0 Å². The zero-order chi connectivity index (χ0) is 22.4. The Morgan fingerprint density at radius 2 is 1.84 bits per heavy atom. The maximum atomic E-state index is 13.4. The van der Waals surface area contributed by atoms with E-state index in [0.29, 0.717) is 22.0 Å². The maximum absolute atomic E-state index is 13.4. The van der Waals surface area contributed by atoms with Gasteiger partial charge in [0.2, 0.25) is 0 Å². The number of fused-ring (bicyclic) bond motifs is 1. The Hall–Kier alpha value is -3.65. The highest BCUT2D eigenvalue weighted by atomic mass is 35.5. The number of para-hydroxylation sites is 2. The number of rotatable bonds is 6. The van der Waals surface area contributed by atoms with E-state index in [-0.39, 0.29) is 29.5 Å². The molecule has 0 radical (unpaired) electrons. The van der Waals surface area contributed by atoms with Gasteiger partial charge in [0.1, 0.15) is 5.75 Å². The third-order valence-corrected chi connectivity index (χ3v) is 5.82. The number of ether oxygens (including phenoxy) is 1. The summed E-state index contributed by atoms with van der Waals surface area (Å²) < 4.78 is 9.59. The standard InChI is InChI=1S/C23H19ClN4O4/c1-32-19-5-3-2-4-17(19)28-21-20(22(30)27(23(28)31)16-10-11-16)26(13-25-21)12-18(29)14-6-8-15(24)9-7-14/h2-9,13,16H,10-12H2,1H3. The lowest BCUT2D eigenvalue weighted by molar-refractivity contribution is 0.0973. The van der Waals surface area contributed by atoms with E-state index in [1.807, 2.05) is 0 Å². The van der Waals surface area contributed by atoms with Gasteiger partial charge >= 0.3 is 5.69 Å². The normalized spacial score (nSPS) is 13.4. The minimum atomic E-state index is -0.469. The molecule has 5 rings (SSSR count). The summed E-state index contributed by atoms with van der Waals surface area (Å²) in [4.78, 5) is 43.9. The molecule has 0 bridgehead atoms. The molecular formula is C23H19ClN4O4. The van der Waals surface area contributed by atoms with Crippen molar-refractivity contribution in [1.82, 2.24) is 18.7 Å². The van der Waals surface area contributed by atoms with Gasteiger partial charge in [-0.2, -0.15) is 0 Å². The van der Waals surface area contributed by atoms with Crippen molar-refractivity contribution < 1.29 is 9.53 Å². The fourth-order valence-corrected chi connectivity index (χ4v) is 3.97. The summed E-state index contributed by atoms with van der Waals surface area (Å²) in [6.07, 6.45) is 2.93. The van der Waals surface area contributed by atoms with Crippen LogP contribution in [0.1, 0.15) is 29.2 Å². The molecule has 0 spiro atoms. The van der Waals surface area contributed by atoms with E-state index in [1.54, 1.807) is 48.5 Å². The van der Waals surface area contributed by atoms with Gasteiger partial charge in [-0.3, -0.25) is 14.2 Å². The van der Waals surface area contributed by atoms with Crippen LogP contribution in [0.5, 0.6) is 5.75 Å². The van der Waals surface area contributed by atoms with E-state index in [9.17, 15) is 14.4 Å². The first-order valence-corrected chi connectivity index (χ1v) is 10.5. The minimum absolute atomic E-state index is 0.0951. The van der Waals surface area contributed by atoms with Gasteiger partial charge in [-0.1, -0.05) is 23.7 Å². The van der Waals surface area contributed by atoms with Crippen LogP contribution in [0.25, 0.3) is 16.9 Å². The molecule has 1 saturated carbocycles.